The summed E-state index contributed by atoms with van der Waals surface area (Å²) in [5.74, 6) is 1.13. The van der Waals surface area contributed by atoms with Crippen LogP contribution < -0.4 is 20.3 Å². The third-order valence-corrected chi connectivity index (χ3v) is 9.30. The molecule has 1 aliphatic carbocycles. The SMILES string of the molecule is COC1CN(C2CCC([C@H]3COc4c(Cl)cc(C(=O)NCc5c(SC)cc(C)[nH]c5=O)c(C)c4O3)CC2)C1. The summed E-state index contributed by atoms with van der Waals surface area (Å²) in [7, 11) is 1.78. The van der Waals surface area contributed by atoms with Crippen LogP contribution in [0.4, 0.5) is 0 Å². The van der Waals surface area contributed by atoms with E-state index in [9.17, 15) is 9.59 Å². The molecular formula is C28H36ClN3O5S. The second-order valence-corrected chi connectivity index (χ2v) is 11.8. The van der Waals surface area contributed by atoms with E-state index in [1.165, 1.54) is 11.8 Å². The van der Waals surface area contributed by atoms with Crippen molar-refractivity contribution in [3.05, 3.63) is 49.9 Å². The largest absolute Gasteiger partial charge is 0.484 e. The molecule has 0 spiro atoms. The van der Waals surface area contributed by atoms with Crippen LogP contribution in [0, 0.1) is 19.8 Å². The molecule has 206 valence electrons. The molecule has 10 heteroatoms. The van der Waals surface area contributed by atoms with Gasteiger partial charge in [0.05, 0.1) is 11.1 Å². The smallest absolute Gasteiger partial charge is 0.254 e. The van der Waals surface area contributed by atoms with Crippen molar-refractivity contribution >= 4 is 29.3 Å². The fourth-order valence-corrected chi connectivity index (χ4v) is 6.81. The Kier molecular flexibility index (Phi) is 8.28. The number of benzene rings is 1. The lowest BCUT2D eigenvalue weighted by atomic mass is 9.81. The Bertz CT molecular complexity index is 1250. The second-order valence-electron chi connectivity index (χ2n) is 10.5. The van der Waals surface area contributed by atoms with Gasteiger partial charge in [-0.15, -0.1) is 11.8 Å². The van der Waals surface area contributed by atoms with Crippen molar-refractivity contribution in [1.82, 2.24) is 15.2 Å². The minimum absolute atomic E-state index is 0.0742. The molecule has 2 fully saturated rings. The number of aromatic amines is 1. The van der Waals surface area contributed by atoms with Crippen LogP contribution in [-0.2, 0) is 11.3 Å². The van der Waals surface area contributed by atoms with Gasteiger partial charge < -0.3 is 24.5 Å². The van der Waals surface area contributed by atoms with E-state index in [-0.39, 0.29) is 24.1 Å². The van der Waals surface area contributed by atoms with Crippen LogP contribution in [-0.4, -0.2) is 67.1 Å². The van der Waals surface area contributed by atoms with Crippen LogP contribution in [0.5, 0.6) is 11.5 Å². The molecule has 1 amide bonds. The lowest BCUT2D eigenvalue weighted by Crippen LogP contribution is -2.57. The average molecular weight is 562 g/mol. The molecule has 0 radical (unpaired) electrons. The molecule has 1 saturated carbocycles. The number of thioether (sulfide) groups is 1. The number of aryl methyl sites for hydroxylation is 1. The highest BCUT2D eigenvalue weighted by molar-refractivity contribution is 7.98. The van der Waals surface area contributed by atoms with Crippen molar-refractivity contribution in [2.24, 2.45) is 5.92 Å². The number of aromatic nitrogens is 1. The van der Waals surface area contributed by atoms with E-state index in [2.05, 4.69) is 15.2 Å². The number of carbonyl (C=O) groups excluding carboxylic acids is 1. The highest BCUT2D eigenvalue weighted by Crippen LogP contribution is 2.45. The van der Waals surface area contributed by atoms with Gasteiger partial charge in [0.25, 0.3) is 11.5 Å². The van der Waals surface area contributed by atoms with Gasteiger partial charge in [0, 0.05) is 60.1 Å². The number of nitrogens with zero attached hydrogens (tertiary/aromatic N) is 1. The molecule has 3 heterocycles. The molecule has 8 nitrogen and oxygen atoms in total. The first-order valence-corrected chi connectivity index (χ1v) is 14.8. The second kappa shape index (κ2) is 11.5. The van der Waals surface area contributed by atoms with Gasteiger partial charge in [-0.3, -0.25) is 14.5 Å². The van der Waals surface area contributed by atoms with E-state index in [0.29, 0.717) is 57.9 Å². The van der Waals surface area contributed by atoms with Crippen molar-refractivity contribution < 1.29 is 19.0 Å². The summed E-state index contributed by atoms with van der Waals surface area (Å²) in [4.78, 5) is 31.9. The average Bonchev–Trinajstić information content (AvgIpc) is 2.89. The predicted octanol–water partition coefficient (Wildman–Crippen LogP) is 4.33. The lowest BCUT2D eigenvalue weighted by Gasteiger charge is -2.46. The standard InChI is InChI=1S/C28H36ClN3O5S/c1-15-9-24(38-4)21(28(34)31-15)11-30-27(33)20-10-22(29)26-25(16(20)2)37-23(14-36-26)17-5-7-18(8-6-17)32-12-19(13-32)35-3/h9-10,17-19,23H,5-8,11-14H2,1-4H3,(H,30,33)(H,31,34)/t17?,18?,23-/m1/s1. The van der Waals surface area contributed by atoms with Crippen molar-refractivity contribution in [2.75, 3.05) is 33.1 Å². The molecule has 1 aromatic heterocycles. The van der Waals surface area contributed by atoms with Crippen LogP contribution in [0.2, 0.25) is 5.02 Å². The zero-order chi connectivity index (χ0) is 27.0. The number of H-pyrrole nitrogens is 1. The maximum absolute atomic E-state index is 13.2. The first-order valence-electron chi connectivity index (χ1n) is 13.2. The van der Waals surface area contributed by atoms with Crippen LogP contribution >= 0.6 is 23.4 Å². The van der Waals surface area contributed by atoms with Crippen molar-refractivity contribution in [2.45, 2.75) is 69.2 Å². The molecule has 0 bridgehead atoms. The van der Waals surface area contributed by atoms with Gasteiger partial charge in [-0.25, -0.2) is 0 Å². The number of rotatable bonds is 7. The molecule has 0 unspecified atom stereocenters. The van der Waals surface area contributed by atoms with E-state index < -0.39 is 0 Å². The van der Waals surface area contributed by atoms with Gasteiger partial charge in [0.2, 0.25) is 0 Å². The molecular weight excluding hydrogens is 526 g/mol. The number of hydrogen-bond acceptors (Lipinski definition) is 7. The maximum atomic E-state index is 13.2. The minimum atomic E-state index is -0.311. The molecule has 2 aliphatic heterocycles. The highest BCUT2D eigenvalue weighted by Gasteiger charge is 2.38. The molecule has 2 N–H and O–H groups in total. The van der Waals surface area contributed by atoms with Crippen molar-refractivity contribution in [3.8, 4) is 11.5 Å². The van der Waals surface area contributed by atoms with Gasteiger partial charge in [-0.05, 0) is 63.8 Å². The van der Waals surface area contributed by atoms with E-state index in [4.69, 9.17) is 25.8 Å². The Morgan fingerprint density at radius 3 is 2.63 bits per heavy atom. The Morgan fingerprint density at radius 1 is 1.21 bits per heavy atom. The van der Waals surface area contributed by atoms with Crippen LogP contribution in [0.3, 0.4) is 0 Å². The third kappa shape index (κ3) is 5.43. The predicted molar refractivity (Wildman–Crippen MR) is 149 cm³/mol. The monoisotopic (exact) mass is 561 g/mol. The summed E-state index contributed by atoms with van der Waals surface area (Å²) >= 11 is 8.02. The van der Waals surface area contributed by atoms with Gasteiger partial charge in [-0.1, -0.05) is 11.6 Å². The summed E-state index contributed by atoms with van der Waals surface area (Å²) in [5, 5.41) is 3.24. The summed E-state index contributed by atoms with van der Waals surface area (Å²) in [5.41, 5.74) is 2.23. The number of amides is 1. The summed E-state index contributed by atoms with van der Waals surface area (Å²) < 4.78 is 18.0. The van der Waals surface area contributed by atoms with Crippen LogP contribution in [0.1, 0.15) is 52.9 Å². The van der Waals surface area contributed by atoms with E-state index in [1.54, 1.807) is 13.2 Å². The highest BCUT2D eigenvalue weighted by atomic mass is 35.5. The fraction of sp³-hybridized carbons (Fsp3) is 0.571. The third-order valence-electron chi connectivity index (χ3n) is 8.21. The molecule has 1 saturated heterocycles. The molecule has 5 rings (SSSR count). The first kappa shape index (κ1) is 27.4. The number of halogens is 1. The Hall–Kier alpha value is -2.20. The van der Waals surface area contributed by atoms with Crippen molar-refractivity contribution in [3.63, 3.8) is 0 Å². The zero-order valence-electron chi connectivity index (χ0n) is 22.4. The van der Waals surface area contributed by atoms with E-state index in [0.717, 1.165) is 49.4 Å². The van der Waals surface area contributed by atoms with E-state index >= 15 is 0 Å². The molecule has 3 aliphatic rings. The number of carbonyl (C=O) groups is 1. The summed E-state index contributed by atoms with van der Waals surface area (Å²) in [6.45, 7) is 6.32. The number of likely N-dealkylation sites (tertiary alicyclic amines) is 1. The topological polar surface area (TPSA) is 92.9 Å². The normalized spacial score (nSPS) is 23.7. The lowest BCUT2D eigenvalue weighted by molar-refractivity contribution is -0.0649. The minimum Gasteiger partial charge on any atom is -0.484 e. The Balaban J connectivity index is 1.26. The van der Waals surface area contributed by atoms with Gasteiger partial charge in [0.1, 0.15) is 12.7 Å². The number of fused-ring (bicyclic) bond motifs is 1. The number of nitrogens with one attached hydrogen (secondary N) is 2. The number of pyridine rings is 1. The maximum Gasteiger partial charge on any atom is 0.254 e. The fourth-order valence-electron chi connectivity index (χ4n) is 5.85. The van der Waals surface area contributed by atoms with Crippen LogP contribution in [0.15, 0.2) is 21.8 Å². The zero-order valence-corrected chi connectivity index (χ0v) is 24.0. The number of hydrogen-bond donors (Lipinski definition) is 2. The van der Waals surface area contributed by atoms with Crippen LogP contribution in [0.25, 0.3) is 0 Å². The summed E-state index contributed by atoms with van der Waals surface area (Å²) in [6, 6.07) is 4.15. The van der Waals surface area contributed by atoms with Gasteiger partial charge in [-0.2, -0.15) is 0 Å². The van der Waals surface area contributed by atoms with E-state index in [1.807, 2.05) is 26.2 Å². The molecule has 38 heavy (non-hydrogen) atoms. The quantitative estimate of drug-likeness (QED) is 0.486. The Labute approximate surface area is 232 Å². The Morgan fingerprint density at radius 2 is 1.95 bits per heavy atom. The number of methoxy groups -OCH3 is 1. The van der Waals surface area contributed by atoms with Gasteiger partial charge in [0.15, 0.2) is 11.5 Å². The van der Waals surface area contributed by atoms with Gasteiger partial charge >= 0.3 is 0 Å². The molecule has 2 aromatic rings. The molecule has 1 atom stereocenters. The molecule has 1 aromatic carbocycles. The summed E-state index contributed by atoms with van der Waals surface area (Å²) in [6.07, 6.45) is 6.67. The first-order chi connectivity index (χ1) is 18.3. The van der Waals surface area contributed by atoms with Crippen molar-refractivity contribution in [1.29, 1.82) is 0 Å². The number of ether oxygens (including phenoxy) is 3.